The molecule has 0 aliphatic carbocycles. The summed E-state index contributed by atoms with van der Waals surface area (Å²) < 4.78 is -0.619. The van der Waals surface area contributed by atoms with Gasteiger partial charge in [-0.2, -0.15) is 10.5 Å². The van der Waals surface area contributed by atoms with Crippen LogP contribution in [-0.2, 0) is 19.2 Å². The maximum atomic E-state index is 12.0. The van der Waals surface area contributed by atoms with Crippen molar-refractivity contribution >= 4 is 51.6 Å². The van der Waals surface area contributed by atoms with Crippen LogP contribution in [0.2, 0.25) is 0 Å². The average Bonchev–Trinajstić information content (AvgIpc) is 2.69. The number of fused-ring (bicyclic) bond motifs is 1. The van der Waals surface area contributed by atoms with Crippen LogP contribution in [0.15, 0.2) is 11.6 Å². The summed E-state index contributed by atoms with van der Waals surface area (Å²) in [5.74, 6) is 1.27. The Balaban J connectivity index is 0.000000412. The third-order valence-electron chi connectivity index (χ3n) is 4.21. The van der Waals surface area contributed by atoms with E-state index in [-0.39, 0.29) is 17.0 Å². The van der Waals surface area contributed by atoms with Gasteiger partial charge in [0, 0.05) is 4.75 Å². The molecule has 0 aromatic carbocycles. The number of nitrogens with zero attached hydrogens (tertiary/aromatic N) is 1. The lowest BCUT2D eigenvalue weighted by atomic mass is 9.95. The Kier molecular flexibility index (Phi) is 6.47. The van der Waals surface area contributed by atoms with E-state index in [1.54, 1.807) is 34.6 Å². The Morgan fingerprint density at radius 2 is 1.77 bits per heavy atom. The number of β-lactam (4-membered cyclic amide) rings is 1. The van der Waals surface area contributed by atoms with Crippen molar-refractivity contribution in [2.24, 2.45) is 5.41 Å². The van der Waals surface area contributed by atoms with Gasteiger partial charge >= 0.3 is 11.9 Å². The molecule has 2 N–H and O–H groups in total. The average molecular weight is 406 g/mol. The first-order chi connectivity index (χ1) is 11.7. The summed E-state index contributed by atoms with van der Waals surface area (Å²) >= 11 is 5.41. The van der Waals surface area contributed by atoms with Gasteiger partial charge in [-0.15, -0.1) is 11.6 Å². The molecule has 0 aromatic rings. The number of carbonyl (C=O) groups excluding carboxylic acids is 2. The van der Waals surface area contributed by atoms with Gasteiger partial charge < -0.3 is 15.1 Å². The van der Waals surface area contributed by atoms with Crippen molar-refractivity contribution in [3.05, 3.63) is 11.6 Å². The third-order valence-corrected chi connectivity index (χ3v) is 7.06. The summed E-state index contributed by atoms with van der Waals surface area (Å²) in [6, 6.07) is -0.894. The van der Waals surface area contributed by atoms with E-state index in [4.69, 9.17) is 16.7 Å². The number of allylic oxidation sites excluding steroid dienone is 1. The van der Waals surface area contributed by atoms with Gasteiger partial charge in [0.15, 0.2) is 5.78 Å². The molecular formula is C17H24ClNO6S. The maximum absolute atomic E-state index is 12.0. The normalized spacial score (nSPS) is 27.9. The van der Waals surface area contributed by atoms with E-state index in [9.17, 15) is 24.3 Å². The molecule has 2 heterocycles. The molecule has 0 bridgehead atoms. The van der Waals surface area contributed by atoms with E-state index in [1.165, 1.54) is 11.0 Å². The minimum absolute atomic E-state index is 0.194. The van der Waals surface area contributed by atoms with Gasteiger partial charge in [-0.1, -0.05) is 5.87 Å². The van der Waals surface area contributed by atoms with Crippen molar-refractivity contribution in [2.45, 2.75) is 50.8 Å². The molecule has 0 radical (unpaired) electrons. The Hall–Kier alpha value is -1.67. The van der Waals surface area contributed by atoms with Gasteiger partial charge in [0.2, 0.25) is 0 Å². The number of hydrogen-bond donors (Lipinski definition) is 2. The highest BCUT2D eigenvalue weighted by Gasteiger charge is 2.62. The van der Waals surface area contributed by atoms with Crippen LogP contribution < -0.4 is 0 Å². The number of hydrogen-bond acceptors (Lipinski definition) is 4. The third kappa shape index (κ3) is 4.01. The topological polar surface area (TPSA) is 112 Å². The number of amides is 1. The van der Waals surface area contributed by atoms with Crippen LogP contribution in [0.25, 0.3) is 0 Å². The van der Waals surface area contributed by atoms with Crippen LogP contribution in [0.4, 0.5) is 0 Å². The molecule has 2 aliphatic heterocycles. The van der Waals surface area contributed by atoms with Gasteiger partial charge in [0.25, 0.3) is 5.91 Å². The molecule has 2 fully saturated rings. The molecule has 9 heteroatoms. The molecule has 2 saturated heterocycles. The second kappa shape index (κ2) is 7.52. The minimum Gasteiger partial charge on any atom is -0.481 e. The van der Waals surface area contributed by atoms with Crippen molar-refractivity contribution in [3.8, 4) is 0 Å². The predicted octanol–water partition coefficient (Wildman–Crippen LogP) is 1.95. The number of carbonyl (C=O) groups is 4. The number of carboxylic acid groups (broad SMARTS) is 2. The quantitative estimate of drug-likeness (QED) is 0.321. The number of carboxylic acids is 2. The standard InChI is InChI=1S/C12H14ClNO4S.C5H10O2/c1-12(2)8(11(17)18)14-9(16)7(4-6(15)5-13)10(14)19(12)3;1-5(2,3)4(6)7/h4,8,10H,3,5H2,1-2H3,(H,17,18);1-3H3,(H,6,7)/t8-,10+,19?;/m0./s1. The highest BCUT2D eigenvalue weighted by atomic mass is 35.5. The first kappa shape index (κ1) is 22.4. The van der Waals surface area contributed by atoms with E-state index in [0.717, 1.165) is 0 Å². The monoisotopic (exact) mass is 405 g/mol. The molecule has 26 heavy (non-hydrogen) atoms. The summed E-state index contributed by atoms with van der Waals surface area (Å²) in [5, 5.41) is 17.2. The van der Waals surface area contributed by atoms with Crippen LogP contribution in [0.1, 0.15) is 34.6 Å². The van der Waals surface area contributed by atoms with E-state index < -0.39 is 44.5 Å². The zero-order valence-electron chi connectivity index (χ0n) is 15.4. The fraction of sp³-hybridized carbons (Fsp3) is 0.588. The second-order valence-electron chi connectivity index (χ2n) is 7.59. The zero-order valence-corrected chi connectivity index (χ0v) is 17.0. The molecule has 0 aromatic heterocycles. The molecule has 0 spiro atoms. The van der Waals surface area contributed by atoms with Crippen molar-refractivity contribution in [3.63, 3.8) is 0 Å². The van der Waals surface area contributed by atoms with E-state index in [1.807, 2.05) is 0 Å². The summed E-state index contributed by atoms with van der Waals surface area (Å²) in [6.07, 6.45) is 1.22. The van der Waals surface area contributed by atoms with Crippen molar-refractivity contribution in [1.29, 1.82) is 0 Å². The molecule has 7 nitrogen and oxygen atoms in total. The van der Waals surface area contributed by atoms with Crippen molar-refractivity contribution < 1.29 is 29.4 Å². The van der Waals surface area contributed by atoms with Crippen molar-refractivity contribution in [1.82, 2.24) is 4.90 Å². The largest absolute Gasteiger partial charge is 0.481 e. The first-order valence-electron chi connectivity index (χ1n) is 7.80. The Morgan fingerprint density at radius 1 is 1.31 bits per heavy atom. The van der Waals surface area contributed by atoms with Gasteiger partial charge in [0.1, 0.15) is 11.4 Å². The van der Waals surface area contributed by atoms with Gasteiger partial charge in [-0.05, 0) is 40.7 Å². The maximum Gasteiger partial charge on any atom is 0.327 e. The second-order valence-corrected chi connectivity index (χ2v) is 10.2. The van der Waals surface area contributed by atoms with Crippen molar-refractivity contribution in [2.75, 3.05) is 5.88 Å². The molecule has 0 saturated carbocycles. The molecule has 1 unspecified atom stereocenters. The molecule has 2 aliphatic rings. The Labute approximate surface area is 159 Å². The number of halogens is 1. The van der Waals surface area contributed by atoms with Gasteiger partial charge in [-0.3, -0.25) is 14.4 Å². The minimum atomic E-state index is -1.04. The molecular weight excluding hydrogens is 382 g/mol. The lowest BCUT2D eigenvalue weighted by molar-refractivity contribution is -0.152. The highest BCUT2D eigenvalue weighted by Crippen LogP contribution is 2.56. The Bertz CT molecular complexity index is 707. The van der Waals surface area contributed by atoms with Crippen LogP contribution in [-0.4, -0.2) is 66.7 Å². The number of rotatable bonds is 3. The number of aliphatic carboxylic acids is 2. The fourth-order valence-corrected chi connectivity index (χ4v) is 4.64. The molecule has 146 valence electrons. The first-order valence-corrected chi connectivity index (χ1v) is 9.79. The molecule has 3 atom stereocenters. The predicted molar refractivity (Wildman–Crippen MR) is 102 cm³/mol. The van der Waals surface area contributed by atoms with Crippen LogP contribution in [0.5, 0.6) is 0 Å². The Morgan fingerprint density at radius 3 is 2.12 bits per heavy atom. The van der Waals surface area contributed by atoms with Gasteiger partial charge in [-0.25, -0.2) is 4.79 Å². The number of alkyl halides is 1. The van der Waals surface area contributed by atoms with E-state index in [2.05, 4.69) is 5.87 Å². The van der Waals surface area contributed by atoms with Gasteiger partial charge in [0.05, 0.1) is 16.9 Å². The zero-order chi connectivity index (χ0) is 20.6. The summed E-state index contributed by atoms with van der Waals surface area (Å²) in [4.78, 5) is 46.0. The molecule has 1 amide bonds. The summed E-state index contributed by atoms with van der Waals surface area (Å²) in [6.45, 7) is 8.56. The SMILES string of the molecule is C=S1[C@@H]2C(=CC(=O)CCl)C(=O)N2[C@@H](C(=O)O)C1(C)C.CC(C)(C)C(=O)O. The number of ketones is 1. The lowest BCUT2D eigenvalue weighted by Gasteiger charge is -2.39. The highest BCUT2D eigenvalue weighted by molar-refractivity contribution is 8.16. The van der Waals surface area contributed by atoms with Crippen LogP contribution in [0.3, 0.4) is 0 Å². The van der Waals surface area contributed by atoms with E-state index in [0.29, 0.717) is 5.57 Å². The summed E-state index contributed by atoms with van der Waals surface area (Å²) in [5.41, 5.74) is -0.249. The summed E-state index contributed by atoms with van der Waals surface area (Å²) in [7, 11) is -0.580. The fourth-order valence-electron chi connectivity index (χ4n) is 2.52. The van der Waals surface area contributed by atoms with Crippen LogP contribution in [0, 0.1) is 5.41 Å². The molecule has 2 rings (SSSR count). The van der Waals surface area contributed by atoms with Crippen LogP contribution >= 0.6 is 22.1 Å². The smallest absolute Gasteiger partial charge is 0.327 e. The van der Waals surface area contributed by atoms with E-state index >= 15 is 0 Å². The lowest BCUT2D eigenvalue weighted by Crippen LogP contribution is -2.58.